The molecule has 0 unspecified atom stereocenters. The van der Waals surface area contributed by atoms with Crippen molar-refractivity contribution in [1.29, 1.82) is 0 Å². The van der Waals surface area contributed by atoms with Crippen LogP contribution in [-0.4, -0.2) is 22.4 Å². The zero-order chi connectivity index (χ0) is 14.5. The molecule has 5 nitrogen and oxygen atoms in total. The summed E-state index contributed by atoms with van der Waals surface area (Å²) < 4.78 is 1.84. The molecule has 5 heteroatoms. The number of rotatable bonds is 4. The van der Waals surface area contributed by atoms with Crippen LogP contribution in [0.15, 0.2) is 30.3 Å². The highest BCUT2D eigenvalue weighted by Crippen LogP contribution is 2.22. The Balaban J connectivity index is 2.23. The third-order valence-corrected chi connectivity index (χ3v) is 3.07. The quantitative estimate of drug-likeness (QED) is 0.898. The lowest BCUT2D eigenvalue weighted by Gasteiger charge is -2.08. The van der Waals surface area contributed by atoms with Gasteiger partial charge in [-0.25, -0.2) is 9.48 Å². The fourth-order valence-corrected chi connectivity index (χ4v) is 2.04. The van der Waals surface area contributed by atoms with Gasteiger partial charge in [-0.1, -0.05) is 25.1 Å². The summed E-state index contributed by atoms with van der Waals surface area (Å²) in [5, 5.41) is 10.2. The van der Waals surface area contributed by atoms with Crippen LogP contribution in [0, 0.1) is 13.8 Å². The van der Waals surface area contributed by atoms with E-state index in [-0.39, 0.29) is 6.03 Å². The Morgan fingerprint density at radius 1 is 1.25 bits per heavy atom. The first-order valence-corrected chi connectivity index (χ1v) is 6.80. The number of carbonyl (C=O) groups is 1. The van der Waals surface area contributed by atoms with Crippen molar-refractivity contribution in [1.82, 2.24) is 15.1 Å². The number of hydrogen-bond acceptors (Lipinski definition) is 2. The molecule has 0 atom stereocenters. The van der Waals surface area contributed by atoms with E-state index in [0.29, 0.717) is 6.54 Å². The summed E-state index contributed by atoms with van der Waals surface area (Å²) in [4.78, 5) is 11.8. The predicted octanol–water partition coefficient (Wildman–Crippen LogP) is 3.02. The summed E-state index contributed by atoms with van der Waals surface area (Å²) in [6, 6.07) is 9.68. The topological polar surface area (TPSA) is 59.0 Å². The molecule has 2 N–H and O–H groups in total. The normalized spacial score (nSPS) is 10.3. The third-order valence-electron chi connectivity index (χ3n) is 3.07. The number of nitrogens with one attached hydrogen (secondary N) is 2. The van der Waals surface area contributed by atoms with E-state index in [4.69, 9.17) is 0 Å². The van der Waals surface area contributed by atoms with Crippen molar-refractivity contribution in [3.63, 3.8) is 0 Å². The second-order valence-electron chi connectivity index (χ2n) is 4.67. The van der Waals surface area contributed by atoms with E-state index in [1.54, 1.807) is 0 Å². The van der Waals surface area contributed by atoms with E-state index in [0.717, 1.165) is 29.2 Å². The number of benzene rings is 1. The summed E-state index contributed by atoms with van der Waals surface area (Å²) >= 11 is 0. The molecule has 2 amide bonds. The molecule has 2 aromatic rings. The van der Waals surface area contributed by atoms with Gasteiger partial charge in [-0.2, -0.15) is 5.10 Å². The van der Waals surface area contributed by atoms with Crippen molar-refractivity contribution in [2.75, 3.05) is 11.9 Å². The highest BCUT2D eigenvalue weighted by Gasteiger charge is 2.14. The van der Waals surface area contributed by atoms with Crippen molar-refractivity contribution in [3.05, 3.63) is 41.7 Å². The van der Waals surface area contributed by atoms with Gasteiger partial charge >= 0.3 is 6.03 Å². The van der Waals surface area contributed by atoms with Crippen LogP contribution in [0.2, 0.25) is 0 Å². The molecule has 0 aliphatic heterocycles. The number of aromatic nitrogens is 2. The molecule has 0 radical (unpaired) electrons. The second-order valence-corrected chi connectivity index (χ2v) is 4.67. The number of carbonyl (C=O) groups excluding carboxylic acids is 1. The Hall–Kier alpha value is -2.30. The Morgan fingerprint density at radius 3 is 2.60 bits per heavy atom. The van der Waals surface area contributed by atoms with Crippen LogP contribution in [0.3, 0.4) is 0 Å². The molecule has 0 aliphatic rings. The minimum absolute atomic E-state index is 0.189. The number of anilines is 1. The van der Waals surface area contributed by atoms with Crippen molar-refractivity contribution < 1.29 is 4.79 Å². The minimum Gasteiger partial charge on any atom is -0.338 e. The van der Waals surface area contributed by atoms with Crippen LogP contribution < -0.4 is 10.6 Å². The summed E-state index contributed by atoms with van der Waals surface area (Å²) in [7, 11) is 0. The molecular weight excluding hydrogens is 252 g/mol. The molecular formula is C15H20N4O. The number of nitrogens with zero attached hydrogens (tertiary/aromatic N) is 2. The highest BCUT2D eigenvalue weighted by molar-refractivity contribution is 5.90. The maximum atomic E-state index is 11.8. The molecule has 0 aliphatic carbocycles. The van der Waals surface area contributed by atoms with Gasteiger partial charge in [0, 0.05) is 6.54 Å². The summed E-state index contributed by atoms with van der Waals surface area (Å²) in [5.74, 6) is 0. The molecule has 1 aromatic carbocycles. The van der Waals surface area contributed by atoms with E-state index in [9.17, 15) is 4.79 Å². The number of urea groups is 1. The largest absolute Gasteiger partial charge is 0.338 e. The van der Waals surface area contributed by atoms with E-state index in [1.807, 2.05) is 55.8 Å². The maximum absolute atomic E-state index is 11.8. The van der Waals surface area contributed by atoms with Gasteiger partial charge in [0.25, 0.3) is 0 Å². The van der Waals surface area contributed by atoms with Crippen LogP contribution in [0.1, 0.15) is 24.7 Å². The van der Waals surface area contributed by atoms with E-state index < -0.39 is 0 Å². The molecule has 20 heavy (non-hydrogen) atoms. The lowest BCUT2D eigenvalue weighted by atomic mass is 10.3. The van der Waals surface area contributed by atoms with Gasteiger partial charge in [-0.05, 0) is 32.4 Å². The Bertz CT molecular complexity index is 589. The molecule has 2 rings (SSSR count). The third kappa shape index (κ3) is 2.99. The number of para-hydroxylation sites is 1. The molecule has 0 fully saturated rings. The van der Waals surface area contributed by atoms with Gasteiger partial charge in [0.2, 0.25) is 0 Å². The lowest BCUT2D eigenvalue weighted by Crippen LogP contribution is -2.29. The highest BCUT2D eigenvalue weighted by atomic mass is 16.2. The SMILES string of the molecule is CCCNC(=O)Nc1c(C)nn(-c2ccccc2)c1C. The molecule has 0 bridgehead atoms. The zero-order valence-corrected chi connectivity index (χ0v) is 12.1. The van der Waals surface area contributed by atoms with Gasteiger partial charge in [-0.15, -0.1) is 0 Å². The first-order valence-electron chi connectivity index (χ1n) is 6.80. The average molecular weight is 272 g/mol. The smallest absolute Gasteiger partial charge is 0.319 e. The van der Waals surface area contributed by atoms with Crippen molar-refractivity contribution >= 4 is 11.7 Å². The van der Waals surface area contributed by atoms with E-state index in [2.05, 4.69) is 15.7 Å². The van der Waals surface area contributed by atoms with E-state index >= 15 is 0 Å². The Labute approximate surface area is 119 Å². The number of hydrogen-bond donors (Lipinski definition) is 2. The van der Waals surface area contributed by atoms with Gasteiger partial charge in [0.15, 0.2) is 0 Å². The summed E-state index contributed by atoms with van der Waals surface area (Å²) in [6.45, 7) is 6.52. The van der Waals surface area contributed by atoms with Crippen molar-refractivity contribution in [3.8, 4) is 5.69 Å². The predicted molar refractivity (Wildman–Crippen MR) is 80.4 cm³/mol. The van der Waals surface area contributed by atoms with Gasteiger partial charge in [-0.3, -0.25) is 0 Å². The molecule has 1 aromatic heterocycles. The molecule has 0 saturated heterocycles. The molecule has 0 saturated carbocycles. The van der Waals surface area contributed by atoms with Gasteiger partial charge in [0.05, 0.1) is 22.8 Å². The van der Waals surface area contributed by atoms with Crippen molar-refractivity contribution in [2.24, 2.45) is 0 Å². The summed E-state index contributed by atoms with van der Waals surface area (Å²) in [6.07, 6.45) is 0.911. The van der Waals surface area contributed by atoms with Crippen LogP contribution in [0.25, 0.3) is 5.69 Å². The fourth-order valence-electron chi connectivity index (χ4n) is 2.04. The van der Waals surface area contributed by atoms with Crippen LogP contribution in [0.4, 0.5) is 10.5 Å². The van der Waals surface area contributed by atoms with Crippen LogP contribution in [0.5, 0.6) is 0 Å². The zero-order valence-electron chi connectivity index (χ0n) is 12.1. The molecule has 0 spiro atoms. The van der Waals surface area contributed by atoms with Crippen LogP contribution in [-0.2, 0) is 0 Å². The lowest BCUT2D eigenvalue weighted by molar-refractivity contribution is 0.252. The molecule has 106 valence electrons. The van der Waals surface area contributed by atoms with Crippen molar-refractivity contribution in [2.45, 2.75) is 27.2 Å². The average Bonchev–Trinajstić information content (AvgIpc) is 2.74. The first-order chi connectivity index (χ1) is 9.63. The fraction of sp³-hybridized carbons (Fsp3) is 0.333. The van der Waals surface area contributed by atoms with E-state index in [1.165, 1.54) is 0 Å². The second kappa shape index (κ2) is 6.23. The Kier molecular flexibility index (Phi) is 4.40. The van der Waals surface area contributed by atoms with Gasteiger partial charge in [0.1, 0.15) is 0 Å². The standard InChI is InChI=1S/C15H20N4O/c1-4-10-16-15(20)17-14-11(2)18-19(12(14)3)13-8-6-5-7-9-13/h5-9H,4,10H2,1-3H3,(H2,16,17,20). The monoisotopic (exact) mass is 272 g/mol. The number of amides is 2. The Morgan fingerprint density at radius 2 is 1.95 bits per heavy atom. The maximum Gasteiger partial charge on any atom is 0.319 e. The van der Waals surface area contributed by atoms with Crippen LogP contribution >= 0.6 is 0 Å². The molecule has 1 heterocycles. The minimum atomic E-state index is -0.189. The summed E-state index contributed by atoms with van der Waals surface area (Å²) in [5.41, 5.74) is 3.47. The first kappa shape index (κ1) is 14.1. The number of aryl methyl sites for hydroxylation is 1. The van der Waals surface area contributed by atoms with Gasteiger partial charge < -0.3 is 10.6 Å².